The van der Waals surface area contributed by atoms with E-state index in [-0.39, 0.29) is 0 Å². The average molecular weight is 877 g/mol. The van der Waals surface area contributed by atoms with E-state index in [4.69, 9.17) is 0 Å². The standard InChI is InChI=1S/C64H48N2S/c1-41-17-25-45(26-18-41)65(46-27-19-42(2)20-28-46)49-33-35-55-51-11-5-6-12-52(51)56-36-34-50(66(47-29-21-43(3)22-30-47)48-31-23-44(4)24-32-48)38-59(56)60-39-62-57-15-9-10-16-63(57)67-64(62)40-61(60)54-14-8-7-13-53(54)58(55)37-49/h5-40H,1-4H3. The Morgan fingerprint density at radius 1 is 0.224 bits per heavy atom. The molecule has 1 heterocycles. The summed E-state index contributed by atoms with van der Waals surface area (Å²) in [5.41, 5.74) is 11.6. The molecule has 11 aromatic carbocycles. The van der Waals surface area contributed by atoms with Crippen LogP contribution in [0.3, 0.4) is 0 Å². The number of rotatable bonds is 6. The van der Waals surface area contributed by atoms with E-state index in [1.54, 1.807) is 0 Å². The fourth-order valence-electron chi connectivity index (χ4n) is 10.1. The zero-order chi connectivity index (χ0) is 45.2. The molecule has 0 amide bonds. The Hall–Kier alpha value is -7.98. The minimum absolute atomic E-state index is 1.10. The van der Waals surface area contributed by atoms with E-state index < -0.39 is 0 Å². The zero-order valence-corrected chi connectivity index (χ0v) is 38.9. The molecule has 0 bridgehead atoms. The Bertz CT molecular complexity index is 3850. The summed E-state index contributed by atoms with van der Waals surface area (Å²) in [4.78, 5) is 4.80. The van der Waals surface area contributed by atoms with Gasteiger partial charge >= 0.3 is 0 Å². The predicted molar refractivity (Wildman–Crippen MR) is 293 cm³/mol. The number of hydrogen-bond donors (Lipinski definition) is 0. The molecule has 320 valence electrons. The average Bonchev–Trinajstić information content (AvgIpc) is 3.73. The van der Waals surface area contributed by atoms with E-state index in [1.165, 1.54) is 96.3 Å². The van der Waals surface area contributed by atoms with Crippen molar-refractivity contribution in [3.05, 3.63) is 241 Å². The molecular formula is C64H48N2S. The van der Waals surface area contributed by atoms with Crippen molar-refractivity contribution in [1.82, 2.24) is 0 Å². The highest BCUT2D eigenvalue weighted by Gasteiger charge is 2.19. The topological polar surface area (TPSA) is 6.48 Å². The summed E-state index contributed by atoms with van der Waals surface area (Å²) < 4.78 is 2.58. The Morgan fingerprint density at radius 2 is 0.522 bits per heavy atom. The SMILES string of the molecule is Cc1ccc(N(c2ccc(C)cc2)c2ccc3c4ccccc4c4ccc(N(c5ccc(C)cc5)c5ccc(C)cc5)cc4c4cc5c(cc4c4ccccc4c3c2)sc2ccccc25)cc1. The fraction of sp³-hybridized carbons (Fsp3) is 0.0625. The molecule has 3 heteroatoms. The van der Waals surface area contributed by atoms with E-state index in [9.17, 15) is 0 Å². The molecule has 0 saturated carbocycles. The minimum atomic E-state index is 1.10. The number of anilines is 6. The molecule has 2 nitrogen and oxygen atoms in total. The van der Waals surface area contributed by atoms with Gasteiger partial charge in [-0.1, -0.05) is 150 Å². The fourth-order valence-corrected chi connectivity index (χ4v) is 11.2. The van der Waals surface area contributed by atoms with E-state index in [0.717, 1.165) is 34.1 Å². The number of aryl methyl sites for hydroxylation is 4. The molecule has 0 saturated heterocycles. The summed E-state index contributed by atoms with van der Waals surface area (Å²) in [5.74, 6) is 0. The highest BCUT2D eigenvalue weighted by Crippen LogP contribution is 2.45. The lowest BCUT2D eigenvalue weighted by atomic mass is 9.93. The second-order valence-electron chi connectivity index (χ2n) is 18.1. The van der Waals surface area contributed by atoms with Crippen molar-refractivity contribution in [2.75, 3.05) is 9.80 Å². The number of nitrogens with zero attached hydrogens (tertiary/aromatic N) is 2. The van der Waals surface area contributed by atoms with Crippen LogP contribution < -0.4 is 9.80 Å². The van der Waals surface area contributed by atoms with Crippen LogP contribution in [0.1, 0.15) is 22.3 Å². The van der Waals surface area contributed by atoms with Gasteiger partial charge in [-0.25, -0.2) is 0 Å². The summed E-state index contributed by atoms with van der Waals surface area (Å²) in [6.07, 6.45) is 0. The molecule has 0 aliphatic heterocycles. The third-order valence-electron chi connectivity index (χ3n) is 13.5. The molecule has 0 aliphatic rings. The molecule has 0 spiro atoms. The Balaban J connectivity index is 1.26. The number of thiophene rings is 1. The molecule has 0 unspecified atom stereocenters. The van der Waals surface area contributed by atoms with Crippen LogP contribution in [0, 0.1) is 27.7 Å². The molecule has 67 heavy (non-hydrogen) atoms. The summed E-state index contributed by atoms with van der Waals surface area (Å²) in [6.45, 7) is 8.61. The summed E-state index contributed by atoms with van der Waals surface area (Å²) in [7, 11) is 0. The van der Waals surface area contributed by atoms with Gasteiger partial charge in [-0.05, 0) is 173 Å². The first-order chi connectivity index (χ1) is 32.8. The number of hydrogen-bond acceptors (Lipinski definition) is 3. The molecule has 0 fully saturated rings. The van der Waals surface area contributed by atoms with Gasteiger partial charge in [-0.15, -0.1) is 11.3 Å². The van der Waals surface area contributed by atoms with Crippen molar-refractivity contribution in [2.45, 2.75) is 27.7 Å². The maximum atomic E-state index is 2.49. The van der Waals surface area contributed by atoms with E-state index in [0.29, 0.717) is 0 Å². The van der Waals surface area contributed by atoms with Crippen molar-refractivity contribution < 1.29 is 0 Å². The van der Waals surface area contributed by atoms with Gasteiger partial charge in [0.2, 0.25) is 0 Å². The van der Waals surface area contributed by atoms with Gasteiger partial charge in [0, 0.05) is 54.3 Å². The van der Waals surface area contributed by atoms with Gasteiger partial charge in [0.15, 0.2) is 0 Å². The monoisotopic (exact) mass is 876 g/mol. The van der Waals surface area contributed by atoms with Crippen molar-refractivity contribution >= 4 is 119 Å². The van der Waals surface area contributed by atoms with Crippen LogP contribution in [0.15, 0.2) is 218 Å². The van der Waals surface area contributed by atoms with Gasteiger partial charge in [0.1, 0.15) is 0 Å². The van der Waals surface area contributed by atoms with Crippen LogP contribution in [0.25, 0.3) is 74.0 Å². The second-order valence-corrected chi connectivity index (χ2v) is 19.1. The number of fused-ring (bicyclic) bond motifs is 13. The molecule has 0 N–H and O–H groups in total. The highest BCUT2D eigenvalue weighted by atomic mass is 32.1. The Kier molecular flexibility index (Phi) is 9.96. The molecule has 12 aromatic rings. The molecule has 0 radical (unpaired) electrons. The smallest absolute Gasteiger partial charge is 0.0468 e. The van der Waals surface area contributed by atoms with Crippen LogP contribution >= 0.6 is 11.3 Å². The first-order valence-corrected chi connectivity index (χ1v) is 24.0. The highest BCUT2D eigenvalue weighted by molar-refractivity contribution is 7.25. The van der Waals surface area contributed by atoms with Crippen LogP contribution in [-0.2, 0) is 0 Å². The normalized spacial score (nSPS) is 11.6. The molecular weight excluding hydrogens is 829 g/mol. The van der Waals surface area contributed by atoms with E-state index in [1.807, 2.05) is 11.3 Å². The predicted octanol–water partition coefficient (Wildman–Crippen LogP) is 19.1. The van der Waals surface area contributed by atoms with Crippen LogP contribution in [0.2, 0.25) is 0 Å². The van der Waals surface area contributed by atoms with Gasteiger partial charge < -0.3 is 9.80 Å². The maximum absolute atomic E-state index is 2.49. The zero-order valence-electron chi connectivity index (χ0n) is 38.1. The Labute approximate surface area is 395 Å². The third kappa shape index (κ3) is 7.20. The van der Waals surface area contributed by atoms with E-state index in [2.05, 4.69) is 256 Å². The third-order valence-corrected chi connectivity index (χ3v) is 14.6. The lowest BCUT2D eigenvalue weighted by Crippen LogP contribution is -2.10. The van der Waals surface area contributed by atoms with Gasteiger partial charge in [0.25, 0.3) is 0 Å². The van der Waals surface area contributed by atoms with Crippen molar-refractivity contribution in [3.63, 3.8) is 0 Å². The lowest BCUT2D eigenvalue weighted by Gasteiger charge is -2.26. The summed E-state index contributed by atoms with van der Waals surface area (Å²) >= 11 is 1.88. The van der Waals surface area contributed by atoms with Gasteiger partial charge in [-0.2, -0.15) is 0 Å². The van der Waals surface area contributed by atoms with Crippen molar-refractivity contribution in [2.24, 2.45) is 0 Å². The first-order valence-electron chi connectivity index (χ1n) is 23.1. The summed E-state index contributed by atoms with van der Waals surface area (Å²) in [5, 5.41) is 14.6. The first kappa shape index (κ1) is 40.5. The second kappa shape index (κ2) is 16.5. The summed E-state index contributed by atoms with van der Waals surface area (Å²) in [6, 6.07) is 81.8. The van der Waals surface area contributed by atoms with Crippen molar-refractivity contribution in [3.8, 4) is 0 Å². The van der Waals surface area contributed by atoms with Crippen LogP contribution in [0.4, 0.5) is 34.1 Å². The largest absolute Gasteiger partial charge is 0.310 e. The van der Waals surface area contributed by atoms with Gasteiger partial charge in [-0.3, -0.25) is 0 Å². The number of benzene rings is 10. The quantitative estimate of drug-likeness (QED) is 0.164. The maximum Gasteiger partial charge on any atom is 0.0468 e. The molecule has 1 aromatic heterocycles. The van der Waals surface area contributed by atoms with Crippen molar-refractivity contribution in [1.29, 1.82) is 0 Å². The molecule has 0 aliphatic carbocycles. The van der Waals surface area contributed by atoms with Crippen LogP contribution in [0.5, 0.6) is 0 Å². The minimum Gasteiger partial charge on any atom is -0.310 e. The van der Waals surface area contributed by atoms with Gasteiger partial charge in [0.05, 0.1) is 0 Å². The lowest BCUT2D eigenvalue weighted by molar-refractivity contribution is 1.27. The molecule has 12 rings (SSSR count). The Morgan fingerprint density at radius 3 is 0.940 bits per heavy atom. The molecule has 0 atom stereocenters. The van der Waals surface area contributed by atoms with E-state index >= 15 is 0 Å². The van der Waals surface area contributed by atoms with Crippen LogP contribution in [-0.4, -0.2) is 0 Å².